The van der Waals surface area contributed by atoms with Gasteiger partial charge in [-0.25, -0.2) is 13.2 Å². The molecule has 0 bridgehead atoms. The van der Waals surface area contributed by atoms with Crippen LogP contribution >= 0.6 is 12.2 Å². The van der Waals surface area contributed by atoms with E-state index in [9.17, 15) is 13.2 Å². The lowest BCUT2D eigenvalue weighted by atomic mass is 9.94. The second-order valence-electron chi connectivity index (χ2n) is 6.58. The van der Waals surface area contributed by atoms with Crippen molar-refractivity contribution >= 4 is 17.3 Å². The van der Waals surface area contributed by atoms with Gasteiger partial charge in [-0.3, -0.25) is 0 Å². The third-order valence-corrected chi connectivity index (χ3v) is 4.91. The third-order valence-electron chi connectivity index (χ3n) is 4.59. The predicted molar refractivity (Wildman–Crippen MR) is 116 cm³/mol. The number of halogens is 3. The van der Waals surface area contributed by atoms with E-state index in [1.807, 2.05) is 72.8 Å². The van der Waals surface area contributed by atoms with E-state index in [1.165, 1.54) is 0 Å². The summed E-state index contributed by atoms with van der Waals surface area (Å²) in [4.78, 5) is 0. The van der Waals surface area contributed by atoms with Crippen molar-refractivity contribution in [3.63, 3.8) is 0 Å². The zero-order valence-electron chi connectivity index (χ0n) is 15.6. The SMILES string of the molecule is Fc1cc(OC(=S)c2cccc(-c3ccccc3-c3ccccc3)c2)cc(F)c1F. The van der Waals surface area contributed by atoms with E-state index >= 15 is 0 Å². The molecule has 4 aromatic rings. The summed E-state index contributed by atoms with van der Waals surface area (Å²) in [5.41, 5.74) is 4.62. The van der Waals surface area contributed by atoms with E-state index in [4.69, 9.17) is 17.0 Å². The summed E-state index contributed by atoms with van der Waals surface area (Å²) >= 11 is 5.30. The van der Waals surface area contributed by atoms with E-state index in [1.54, 1.807) is 6.07 Å². The minimum Gasteiger partial charge on any atom is -0.445 e. The summed E-state index contributed by atoms with van der Waals surface area (Å²) in [6.45, 7) is 0. The van der Waals surface area contributed by atoms with Gasteiger partial charge in [0.15, 0.2) is 22.5 Å². The molecular weight excluding hydrogens is 405 g/mol. The van der Waals surface area contributed by atoms with Gasteiger partial charge in [-0.05, 0) is 40.5 Å². The van der Waals surface area contributed by atoms with Crippen LogP contribution in [0.2, 0.25) is 0 Å². The van der Waals surface area contributed by atoms with Crippen molar-refractivity contribution in [1.29, 1.82) is 0 Å². The van der Waals surface area contributed by atoms with Gasteiger partial charge >= 0.3 is 0 Å². The van der Waals surface area contributed by atoms with Gasteiger partial charge in [0.25, 0.3) is 0 Å². The maximum Gasteiger partial charge on any atom is 0.198 e. The zero-order chi connectivity index (χ0) is 21.1. The number of rotatable bonds is 4. The molecular formula is C25H15F3OS. The van der Waals surface area contributed by atoms with Crippen LogP contribution in [0.1, 0.15) is 5.56 Å². The molecule has 148 valence electrons. The Morgan fingerprint density at radius 1 is 0.633 bits per heavy atom. The highest BCUT2D eigenvalue weighted by Crippen LogP contribution is 2.32. The minimum absolute atomic E-state index is 0.0273. The number of benzene rings is 4. The molecule has 0 N–H and O–H groups in total. The van der Waals surface area contributed by atoms with Crippen molar-refractivity contribution in [3.05, 3.63) is 114 Å². The molecule has 0 saturated carbocycles. The van der Waals surface area contributed by atoms with Crippen LogP contribution in [0.3, 0.4) is 0 Å². The zero-order valence-corrected chi connectivity index (χ0v) is 16.4. The van der Waals surface area contributed by atoms with Gasteiger partial charge < -0.3 is 4.74 Å². The lowest BCUT2D eigenvalue weighted by Crippen LogP contribution is -2.08. The minimum atomic E-state index is -1.55. The first-order valence-electron chi connectivity index (χ1n) is 9.14. The van der Waals surface area contributed by atoms with Gasteiger partial charge in [-0.2, -0.15) is 0 Å². The number of hydrogen-bond donors (Lipinski definition) is 0. The Morgan fingerprint density at radius 3 is 1.87 bits per heavy atom. The lowest BCUT2D eigenvalue weighted by Gasteiger charge is -2.12. The standard InChI is InChI=1S/C25H15F3OS/c26-22-14-19(15-23(27)24(22)28)29-25(30)18-10-6-9-17(13-18)21-12-5-4-11-20(21)16-7-2-1-3-8-16/h1-15H. The maximum absolute atomic E-state index is 13.4. The van der Waals surface area contributed by atoms with Gasteiger partial charge in [-0.1, -0.05) is 72.8 Å². The molecule has 30 heavy (non-hydrogen) atoms. The molecule has 0 aliphatic carbocycles. The first-order chi connectivity index (χ1) is 14.5. The van der Waals surface area contributed by atoms with Crippen molar-refractivity contribution < 1.29 is 17.9 Å². The van der Waals surface area contributed by atoms with Crippen LogP contribution in [0.5, 0.6) is 5.75 Å². The Labute approximate surface area is 177 Å². The summed E-state index contributed by atoms with van der Waals surface area (Å²) in [6, 6.07) is 26.9. The van der Waals surface area contributed by atoms with E-state index in [-0.39, 0.29) is 10.8 Å². The molecule has 0 unspecified atom stereocenters. The highest BCUT2D eigenvalue weighted by Gasteiger charge is 2.14. The first-order valence-corrected chi connectivity index (χ1v) is 9.55. The first kappa shape index (κ1) is 19.9. The van der Waals surface area contributed by atoms with Crippen molar-refractivity contribution in [2.75, 3.05) is 0 Å². The van der Waals surface area contributed by atoms with E-state index in [0.29, 0.717) is 5.56 Å². The Hall–Kier alpha value is -3.44. The largest absolute Gasteiger partial charge is 0.445 e. The molecule has 4 rings (SSSR count). The molecule has 0 heterocycles. The summed E-state index contributed by atoms with van der Waals surface area (Å²) < 4.78 is 45.5. The van der Waals surface area contributed by atoms with Crippen molar-refractivity contribution in [3.8, 4) is 28.0 Å². The summed E-state index contributed by atoms with van der Waals surface area (Å²) in [5, 5.41) is 0.0273. The predicted octanol–water partition coefficient (Wildman–Crippen LogP) is 7.19. The average Bonchev–Trinajstić information content (AvgIpc) is 2.78. The van der Waals surface area contributed by atoms with Crippen LogP contribution in [-0.4, -0.2) is 5.05 Å². The van der Waals surface area contributed by atoms with Gasteiger partial charge in [0, 0.05) is 17.7 Å². The quantitative estimate of drug-likeness (QED) is 0.255. The van der Waals surface area contributed by atoms with Crippen LogP contribution in [0.25, 0.3) is 22.3 Å². The monoisotopic (exact) mass is 420 g/mol. The molecule has 0 saturated heterocycles. The maximum atomic E-state index is 13.4. The van der Waals surface area contributed by atoms with Crippen LogP contribution in [-0.2, 0) is 0 Å². The second-order valence-corrected chi connectivity index (χ2v) is 6.95. The molecule has 0 fully saturated rings. The Morgan fingerprint density at radius 2 is 1.20 bits per heavy atom. The van der Waals surface area contributed by atoms with Gasteiger partial charge in [0.1, 0.15) is 5.75 Å². The van der Waals surface area contributed by atoms with Crippen LogP contribution < -0.4 is 4.74 Å². The molecule has 0 aliphatic heterocycles. The Balaban J connectivity index is 1.67. The highest BCUT2D eigenvalue weighted by atomic mass is 32.1. The fourth-order valence-electron chi connectivity index (χ4n) is 3.18. The summed E-state index contributed by atoms with van der Waals surface area (Å²) in [6.07, 6.45) is 0. The molecule has 0 amide bonds. The van der Waals surface area contributed by atoms with E-state index < -0.39 is 17.5 Å². The molecule has 0 radical (unpaired) electrons. The van der Waals surface area contributed by atoms with Crippen LogP contribution in [0.15, 0.2) is 91.0 Å². The molecule has 5 heteroatoms. The van der Waals surface area contributed by atoms with Crippen LogP contribution in [0.4, 0.5) is 13.2 Å². The van der Waals surface area contributed by atoms with E-state index in [0.717, 1.165) is 34.4 Å². The molecule has 0 spiro atoms. The molecule has 0 atom stereocenters. The highest BCUT2D eigenvalue weighted by molar-refractivity contribution is 7.80. The summed E-state index contributed by atoms with van der Waals surface area (Å²) in [5.74, 6) is -4.42. The van der Waals surface area contributed by atoms with Crippen LogP contribution in [0, 0.1) is 17.5 Å². The molecule has 0 aromatic heterocycles. The van der Waals surface area contributed by atoms with Crippen molar-refractivity contribution in [1.82, 2.24) is 0 Å². The summed E-state index contributed by atoms with van der Waals surface area (Å²) in [7, 11) is 0. The average molecular weight is 420 g/mol. The fraction of sp³-hybridized carbons (Fsp3) is 0. The second kappa shape index (κ2) is 8.51. The van der Waals surface area contributed by atoms with Gasteiger partial charge in [0.2, 0.25) is 0 Å². The van der Waals surface area contributed by atoms with E-state index in [2.05, 4.69) is 0 Å². The van der Waals surface area contributed by atoms with Crippen molar-refractivity contribution in [2.24, 2.45) is 0 Å². The number of thiocarbonyl (C=S) groups is 1. The van der Waals surface area contributed by atoms with Crippen molar-refractivity contribution in [2.45, 2.75) is 0 Å². The Bertz CT molecular complexity index is 1200. The number of hydrogen-bond acceptors (Lipinski definition) is 2. The molecule has 4 aromatic carbocycles. The van der Waals surface area contributed by atoms with Gasteiger partial charge in [-0.15, -0.1) is 0 Å². The Kier molecular flexibility index (Phi) is 5.63. The normalized spacial score (nSPS) is 10.6. The molecule has 0 aliphatic rings. The van der Waals surface area contributed by atoms with Gasteiger partial charge in [0.05, 0.1) is 0 Å². The smallest absolute Gasteiger partial charge is 0.198 e. The topological polar surface area (TPSA) is 9.23 Å². The lowest BCUT2D eigenvalue weighted by molar-refractivity contribution is 0.436. The molecule has 1 nitrogen and oxygen atoms in total. The fourth-order valence-corrected chi connectivity index (χ4v) is 3.40. The number of ether oxygens (including phenoxy) is 1. The third kappa shape index (κ3) is 4.11.